The number of rotatable bonds is 7. The quantitative estimate of drug-likeness (QED) is 0.779. The molecule has 5 heteroatoms. The van der Waals surface area contributed by atoms with Gasteiger partial charge in [-0.05, 0) is 32.2 Å². The van der Waals surface area contributed by atoms with Crippen molar-refractivity contribution in [2.45, 2.75) is 52.0 Å². The van der Waals surface area contributed by atoms with E-state index in [1.54, 1.807) is 0 Å². The molecule has 4 nitrogen and oxygen atoms in total. The highest BCUT2D eigenvalue weighted by molar-refractivity contribution is 5.85. The number of carbonyl (C=O) groups is 1. The second kappa shape index (κ2) is 10.5. The fourth-order valence-electron chi connectivity index (χ4n) is 2.71. The van der Waals surface area contributed by atoms with Crippen LogP contribution in [0, 0.1) is 0 Å². The molecule has 0 radical (unpaired) electrons. The standard InChI is InChI=1S/C14H29N3O.ClH/c1-3-8-16(9-4-2)14(18)12-17-10-6-5-7-13(17)11-15;/h13H,3-12,15H2,1-2H3;1H. The topological polar surface area (TPSA) is 49.6 Å². The van der Waals surface area contributed by atoms with Gasteiger partial charge in [0.25, 0.3) is 0 Å². The lowest BCUT2D eigenvalue weighted by atomic mass is 10.0. The summed E-state index contributed by atoms with van der Waals surface area (Å²) in [5, 5.41) is 0. The van der Waals surface area contributed by atoms with Crippen molar-refractivity contribution in [1.82, 2.24) is 9.80 Å². The summed E-state index contributed by atoms with van der Waals surface area (Å²) in [5.74, 6) is 0.277. The molecule has 1 aliphatic rings. The zero-order valence-electron chi connectivity index (χ0n) is 12.4. The number of piperidine rings is 1. The Kier molecular flexibility index (Phi) is 10.3. The molecule has 0 aromatic rings. The van der Waals surface area contributed by atoms with Crippen LogP contribution in [0.5, 0.6) is 0 Å². The first-order valence-electron chi connectivity index (χ1n) is 7.44. The highest BCUT2D eigenvalue weighted by Gasteiger charge is 2.24. The largest absolute Gasteiger partial charge is 0.342 e. The first kappa shape index (κ1) is 18.7. The van der Waals surface area contributed by atoms with E-state index in [9.17, 15) is 4.79 Å². The Morgan fingerprint density at radius 1 is 1.26 bits per heavy atom. The number of hydrogen-bond acceptors (Lipinski definition) is 3. The first-order chi connectivity index (χ1) is 8.72. The summed E-state index contributed by atoms with van der Waals surface area (Å²) in [5.41, 5.74) is 5.80. The van der Waals surface area contributed by atoms with Crippen LogP contribution < -0.4 is 5.73 Å². The molecule has 19 heavy (non-hydrogen) atoms. The van der Waals surface area contributed by atoms with Crippen molar-refractivity contribution in [1.29, 1.82) is 0 Å². The maximum atomic E-state index is 12.3. The molecule has 1 aliphatic heterocycles. The molecule has 114 valence electrons. The van der Waals surface area contributed by atoms with Crippen LogP contribution in [0.1, 0.15) is 46.0 Å². The number of nitrogens with two attached hydrogens (primary N) is 1. The fraction of sp³-hybridized carbons (Fsp3) is 0.929. The van der Waals surface area contributed by atoms with E-state index in [1.165, 1.54) is 12.8 Å². The molecule has 0 aromatic carbocycles. The molecule has 2 N–H and O–H groups in total. The van der Waals surface area contributed by atoms with Gasteiger partial charge in [-0.2, -0.15) is 0 Å². The Bertz CT molecular complexity index is 245. The van der Waals surface area contributed by atoms with Crippen LogP contribution in [0.4, 0.5) is 0 Å². The molecule has 0 spiro atoms. The van der Waals surface area contributed by atoms with Crippen LogP contribution in [0.2, 0.25) is 0 Å². The number of hydrogen-bond donors (Lipinski definition) is 1. The Morgan fingerprint density at radius 2 is 1.89 bits per heavy atom. The van der Waals surface area contributed by atoms with Crippen LogP contribution >= 0.6 is 12.4 Å². The smallest absolute Gasteiger partial charge is 0.236 e. The third-order valence-corrected chi connectivity index (χ3v) is 3.70. The minimum absolute atomic E-state index is 0. The minimum Gasteiger partial charge on any atom is -0.342 e. The zero-order valence-corrected chi connectivity index (χ0v) is 13.3. The molecule has 1 rings (SSSR count). The van der Waals surface area contributed by atoms with Gasteiger partial charge in [0, 0.05) is 25.7 Å². The monoisotopic (exact) mass is 291 g/mol. The van der Waals surface area contributed by atoms with E-state index in [0.29, 0.717) is 19.1 Å². The normalized spacial score (nSPS) is 19.8. The van der Waals surface area contributed by atoms with E-state index >= 15 is 0 Å². The van der Waals surface area contributed by atoms with Gasteiger partial charge in [0.15, 0.2) is 0 Å². The lowest BCUT2D eigenvalue weighted by Crippen LogP contribution is -2.49. The number of nitrogens with zero attached hydrogens (tertiary/aromatic N) is 2. The Hall–Kier alpha value is -0.320. The predicted molar refractivity (Wildman–Crippen MR) is 82.7 cm³/mol. The van der Waals surface area contributed by atoms with Crippen molar-refractivity contribution in [3.63, 3.8) is 0 Å². The molecule has 1 fully saturated rings. The van der Waals surface area contributed by atoms with Gasteiger partial charge in [-0.15, -0.1) is 12.4 Å². The average Bonchev–Trinajstić information content (AvgIpc) is 2.39. The predicted octanol–water partition coefficient (Wildman–Crippen LogP) is 1.87. The van der Waals surface area contributed by atoms with E-state index in [4.69, 9.17) is 5.73 Å². The Morgan fingerprint density at radius 3 is 2.42 bits per heavy atom. The van der Waals surface area contributed by atoms with Crippen LogP contribution in [-0.2, 0) is 4.79 Å². The molecular formula is C14H30ClN3O. The Labute approximate surface area is 124 Å². The molecule has 1 amide bonds. The molecule has 0 aliphatic carbocycles. The molecule has 0 bridgehead atoms. The summed E-state index contributed by atoms with van der Waals surface area (Å²) in [6.45, 7) is 8.27. The second-order valence-corrected chi connectivity index (χ2v) is 5.24. The van der Waals surface area contributed by atoms with Gasteiger partial charge in [-0.3, -0.25) is 9.69 Å². The van der Waals surface area contributed by atoms with Crippen LogP contribution in [-0.4, -0.2) is 54.5 Å². The van der Waals surface area contributed by atoms with Crippen molar-refractivity contribution >= 4 is 18.3 Å². The highest BCUT2D eigenvalue weighted by Crippen LogP contribution is 2.16. The van der Waals surface area contributed by atoms with E-state index in [-0.39, 0.29) is 18.3 Å². The fourth-order valence-corrected chi connectivity index (χ4v) is 2.71. The summed E-state index contributed by atoms with van der Waals surface area (Å²) in [6, 6.07) is 0.410. The molecule has 1 heterocycles. The maximum Gasteiger partial charge on any atom is 0.236 e. The summed E-state index contributed by atoms with van der Waals surface area (Å²) >= 11 is 0. The highest BCUT2D eigenvalue weighted by atomic mass is 35.5. The zero-order chi connectivity index (χ0) is 13.4. The average molecular weight is 292 g/mol. The third kappa shape index (κ3) is 6.11. The van der Waals surface area contributed by atoms with Gasteiger partial charge in [-0.1, -0.05) is 20.3 Å². The lowest BCUT2D eigenvalue weighted by Gasteiger charge is -2.35. The number of halogens is 1. The maximum absolute atomic E-state index is 12.3. The first-order valence-corrected chi connectivity index (χ1v) is 7.44. The van der Waals surface area contributed by atoms with E-state index < -0.39 is 0 Å². The van der Waals surface area contributed by atoms with Gasteiger partial charge < -0.3 is 10.6 Å². The van der Waals surface area contributed by atoms with Crippen LogP contribution in [0.15, 0.2) is 0 Å². The number of carbonyl (C=O) groups excluding carboxylic acids is 1. The van der Waals surface area contributed by atoms with E-state index in [0.717, 1.165) is 38.9 Å². The van der Waals surface area contributed by atoms with Gasteiger partial charge in [0.2, 0.25) is 5.91 Å². The van der Waals surface area contributed by atoms with Gasteiger partial charge in [0.05, 0.1) is 6.54 Å². The van der Waals surface area contributed by atoms with Crippen molar-refractivity contribution in [2.75, 3.05) is 32.7 Å². The summed E-state index contributed by atoms with van der Waals surface area (Å²) in [6.07, 6.45) is 5.66. The van der Waals surface area contributed by atoms with Gasteiger partial charge >= 0.3 is 0 Å². The molecule has 1 saturated heterocycles. The SMILES string of the molecule is CCCN(CCC)C(=O)CN1CCCCC1CN.Cl. The van der Waals surface area contributed by atoms with Gasteiger partial charge in [-0.25, -0.2) is 0 Å². The van der Waals surface area contributed by atoms with Crippen molar-refractivity contribution in [3.8, 4) is 0 Å². The molecule has 1 unspecified atom stereocenters. The third-order valence-electron chi connectivity index (χ3n) is 3.70. The lowest BCUT2D eigenvalue weighted by molar-refractivity contribution is -0.133. The number of amides is 1. The summed E-state index contributed by atoms with van der Waals surface area (Å²) in [7, 11) is 0. The van der Waals surface area contributed by atoms with Crippen LogP contribution in [0.3, 0.4) is 0 Å². The van der Waals surface area contributed by atoms with Crippen molar-refractivity contribution < 1.29 is 4.79 Å². The molecule has 0 aromatic heterocycles. The molecular weight excluding hydrogens is 262 g/mol. The van der Waals surface area contributed by atoms with E-state index in [2.05, 4.69) is 18.7 Å². The van der Waals surface area contributed by atoms with Crippen LogP contribution in [0.25, 0.3) is 0 Å². The van der Waals surface area contributed by atoms with Crippen molar-refractivity contribution in [3.05, 3.63) is 0 Å². The van der Waals surface area contributed by atoms with Gasteiger partial charge in [0.1, 0.15) is 0 Å². The van der Waals surface area contributed by atoms with E-state index in [1.807, 2.05) is 4.90 Å². The Balaban J connectivity index is 0.00000324. The minimum atomic E-state index is 0. The summed E-state index contributed by atoms with van der Waals surface area (Å²) in [4.78, 5) is 16.6. The number of likely N-dealkylation sites (tertiary alicyclic amines) is 1. The second-order valence-electron chi connectivity index (χ2n) is 5.24. The molecule has 0 saturated carbocycles. The summed E-state index contributed by atoms with van der Waals surface area (Å²) < 4.78 is 0. The van der Waals surface area contributed by atoms with Crippen molar-refractivity contribution in [2.24, 2.45) is 5.73 Å². The molecule has 1 atom stereocenters.